The third-order valence-electron chi connectivity index (χ3n) is 4.79. The van der Waals surface area contributed by atoms with Crippen LogP contribution >= 0.6 is 0 Å². The van der Waals surface area contributed by atoms with Gasteiger partial charge in [-0.25, -0.2) is 4.79 Å². The number of esters is 1. The zero-order chi connectivity index (χ0) is 22.2. The Morgan fingerprint density at radius 1 is 0.839 bits per heavy atom. The summed E-state index contributed by atoms with van der Waals surface area (Å²) in [7, 11) is 0. The minimum absolute atomic E-state index is 0.201. The number of carbonyl (C=O) groups is 3. The Bertz CT molecular complexity index is 1080. The lowest BCUT2D eigenvalue weighted by atomic mass is 10.1. The van der Waals surface area contributed by atoms with Gasteiger partial charge in [0.05, 0.1) is 22.9 Å². The van der Waals surface area contributed by atoms with E-state index in [4.69, 9.17) is 4.74 Å². The molecule has 0 aliphatic carbocycles. The molecule has 6 heteroatoms. The van der Waals surface area contributed by atoms with Crippen LogP contribution in [0.3, 0.4) is 0 Å². The first-order chi connectivity index (χ1) is 15.0. The fraction of sp³-hybridized carbons (Fsp3) is 0.160. The summed E-state index contributed by atoms with van der Waals surface area (Å²) in [6.45, 7) is 3.23. The number of anilines is 1. The average Bonchev–Trinajstić information content (AvgIpc) is 2.78. The number of hydrogen-bond donors (Lipinski definition) is 2. The molecule has 0 heterocycles. The number of para-hydroxylation sites is 1. The van der Waals surface area contributed by atoms with Crippen molar-refractivity contribution in [2.45, 2.75) is 19.9 Å². The van der Waals surface area contributed by atoms with Crippen molar-refractivity contribution < 1.29 is 19.1 Å². The van der Waals surface area contributed by atoms with Gasteiger partial charge in [-0.1, -0.05) is 60.7 Å². The summed E-state index contributed by atoms with van der Waals surface area (Å²) in [5.74, 6) is -1.42. The Hall–Kier alpha value is -3.93. The van der Waals surface area contributed by atoms with E-state index in [1.165, 1.54) is 0 Å². The molecular formula is C25H24N2O4. The van der Waals surface area contributed by atoms with E-state index in [0.29, 0.717) is 16.8 Å². The molecule has 0 saturated carbocycles. The van der Waals surface area contributed by atoms with Gasteiger partial charge in [-0.15, -0.1) is 0 Å². The topological polar surface area (TPSA) is 84.5 Å². The number of benzene rings is 3. The number of rotatable bonds is 7. The van der Waals surface area contributed by atoms with Crippen molar-refractivity contribution in [1.29, 1.82) is 0 Å². The van der Waals surface area contributed by atoms with Crippen molar-refractivity contribution in [1.82, 2.24) is 5.32 Å². The van der Waals surface area contributed by atoms with Crippen LogP contribution in [0.25, 0.3) is 0 Å². The first-order valence-corrected chi connectivity index (χ1v) is 9.93. The molecule has 2 N–H and O–H groups in total. The zero-order valence-corrected chi connectivity index (χ0v) is 17.4. The second kappa shape index (κ2) is 10.2. The molecule has 0 saturated heterocycles. The summed E-state index contributed by atoms with van der Waals surface area (Å²) in [6.07, 6.45) is 0. The highest BCUT2D eigenvalue weighted by Crippen LogP contribution is 2.18. The SMILES string of the molecule is Cc1ccccc1C(=O)OCC(=O)Nc1ccccc1C(=O)N[C@@H](C)c1ccccc1. The molecule has 6 nitrogen and oxygen atoms in total. The number of amides is 2. The predicted octanol–water partition coefficient (Wildman–Crippen LogP) is 4.28. The minimum atomic E-state index is -0.573. The first kappa shape index (κ1) is 21.8. The summed E-state index contributed by atoms with van der Waals surface area (Å²) in [6, 6.07) is 23.1. The largest absolute Gasteiger partial charge is 0.452 e. The number of carbonyl (C=O) groups excluding carboxylic acids is 3. The quantitative estimate of drug-likeness (QED) is 0.563. The lowest BCUT2D eigenvalue weighted by Crippen LogP contribution is -2.28. The molecule has 0 fully saturated rings. The highest BCUT2D eigenvalue weighted by Gasteiger charge is 2.17. The molecule has 1 atom stereocenters. The molecule has 158 valence electrons. The highest BCUT2D eigenvalue weighted by molar-refractivity contribution is 6.04. The predicted molar refractivity (Wildman–Crippen MR) is 119 cm³/mol. The number of aryl methyl sites for hydroxylation is 1. The number of nitrogens with one attached hydrogen (secondary N) is 2. The normalized spacial score (nSPS) is 11.3. The van der Waals surface area contributed by atoms with Gasteiger partial charge < -0.3 is 15.4 Å². The van der Waals surface area contributed by atoms with Crippen LogP contribution in [0.5, 0.6) is 0 Å². The molecule has 0 aliphatic heterocycles. The highest BCUT2D eigenvalue weighted by atomic mass is 16.5. The molecule has 0 bridgehead atoms. The van der Waals surface area contributed by atoms with Gasteiger partial charge in [0.2, 0.25) is 0 Å². The Kier molecular flexibility index (Phi) is 7.17. The van der Waals surface area contributed by atoms with Gasteiger partial charge in [0, 0.05) is 0 Å². The Morgan fingerprint density at radius 3 is 2.16 bits per heavy atom. The van der Waals surface area contributed by atoms with Gasteiger partial charge >= 0.3 is 5.97 Å². The second-order valence-electron chi connectivity index (χ2n) is 7.09. The summed E-state index contributed by atoms with van der Waals surface area (Å²) in [5.41, 5.74) is 2.81. The van der Waals surface area contributed by atoms with Crippen LogP contribution in [0.4, 0.5) is 5.69 Å². The van der Waals surface area contributed by atoms with Gasteiger partial charge in [-0.05, 0) is 43.2 Å². The molecule has 0 aliphatic rings. The number of hydrogen-bond acceptors (Lipinski definition) is 4. The van der Waals surface area contributed by atoms with E-state index in [1.54, 1.807) is 49.4 Å². The molecule has 3 rings (SSSR count). The van der Waals surface area contributed by atoms with Crippen molar-refractivity contribution in [2.75, 3.05) is 11.9 Å². The van der Waals surface area contributed by atoms with Crippen molar-refractivity contribution in [3.8, 4) is 0 Å². The van der Waals surface area contributed by atoms with Crippen LogP contribution in [-0.4, -0.2) is 24.4 Å². The van der Waals surface area contributed by atoms with Crippen LogP contribution < -0.4 is 10.6 Å². The zero-order valence-electron chi connectivity index (χ0n) is 17.4. The molecule has 0 spiro atoms. The Balaban J connectivity index is 1.62. The third-order valence-corrected chi connectivity index (χ3v) is 4.79. The summed E-state index contributed by atoms with van der Waals surface area (Å²) >= 11 is 0. The maximum atomic E-state index is 12.8. The summed E-state index contributed by atoms with van der Waals surface area (Å²) in [5, 5.41) is 5.58. The average molecular weight is 416 g/mol. The molecular weight excluding hydrogens is 392 g/mol. The van der Waals surface area contributed by atoms with E-state index in [0.717, 1.165) is 11.1 Å². The van der Waals surface area contributed by atoms with E-state index in [1.807, 2.05) is 43.3 Å². The fourth-order valence-corrected chi connectivity index (χ4v) is 3.09. The fourth-order valence-electron chi connectivity index (χ4n) is 3.09. The maximum absolute atomic E-state index is 12.8. The lowest BCUT2D eigenvalue weighted by Gasteiger charge is -2.16. The monoisotopic (exact) mass is 416 g/mol. The summed E-state index contributed by atoms with van der Waals surface area (Å²) < 4.78 is 5.11. The summed E-state index contributed by atoms with van der Waals surface area (Å²) in [4.78, 5) is 37.3. The first-order valence-electron chi connectivity index (χ1n) is 9.93. The van der Waals surface area contributed by atoms with Crippen molar-refractivity contribution in [3.63, 3.8) is 0 Å². The van der Waals surface area contributed by atoms with Gasteiger partial charge in [-0.2, -0.15) is 0 Å². The molecule has 0 unspecified atom stereocenters. The minimum Gasteiger partial charge on any atom is -0.452 e. The lowest BCUT2D eigenvalue weighted by molar-refractivity contribution is -0.119. The molecule has 31 heavy (non-hydrogen) atoms. The molecule has 0 radical (unpaired) electrons. The van der Waals surface area contributed by atoms with Crippen LogP contribution in [0.1, 0.15) is 44.8 Å². The third kappa shape index (κ3) is 5.79. The van der Waals surface area contributed by atoms with E-state index in [9.17, 15) is 14.4 Å². The van der Waals surface area contributed by atoms with Gasteiger partial charge in [-0.3, -0.25) is 9.59 Å². The molecule has 2 amide bonds. The standard InChI is InChI=1S/C25H24N2O4/c1-17-10-6-7-13-20(17)25(30)31-16-23(28)27-22-15-9-8-14-21(22)24(29)26-18(2)19-11-4-3-5-12-19/h3-15,18H,16H2,1-2H3,(H,26,29)(H,27,28)/t18-/m0/s1. The van der Waals surface area contributed by atoms with Crippen LogP contribution in [0, 0.1) is 6.92 Å². The Labute approximate surface area is 181 Å². The molecule has 3 aromatic carbocycles. The van der Waals surface area contributed by atoms with Crippen LogP contribution in [-0.2, 0) is 9.53 Å². The second-order valence-corrected chi connectivity index (χ2v) is 7.09. The van der Waals surface area contributed by atoms with E-state index in [-0.39, 0.29) is 11.9 Å². The number of ether oxygens (including phenoxy) is 1. The van der Waals surface area contributed by atoms with E-state index < -0.39 is 18.5 Å². The van der Waals surface area contributed by atoms with Crippen LogP contribution in [0.15, 0.2) is 78.9 Å². The van der Waals surface area contributed by atoms with Crippen molar-refractivity contribution in [3.05, 3.63) is 101 Å². The van der Waals surface area contributed by atoms with Crippen molar-refractivity contribution in [2.24, 2.45) is 0 Å². The van der Waals surface area contributed by atoms with Gasteiger partial charge in [0.25, 0.3) is 11.8 Å². The Morgan fingerprint density at radius 2 is 1.45 bits per heavy atom. The van der Waals surface area contributed by atoms with E-state index in [2.05, 4.69) is 10.6 Å². The van der Waals surface area contributed by atoms with Crippen LogP contribution in [0.2, 0.25) is 0 Å². The van der Waals surface area contributed by atoms with E-state index >= 15 is 0 Å². The molecule has 0 aromatic heterocycles. The molecule has 3 aromatic rings. The van der Waals surface area contributed by atoms with Gasteiger partial charge in [0.1, 0.15) is 0 Å². The maximum Gasteiger partial charge on any atom is 0.338 e. The van der Waals surface area contributed by atoms with Gasteiger partial charge in [0.15, 0.2) is 6.61 Å². The smallest absolute Gasteiger partial charge is 0.338 e. The van der Waals surface area contributed by atoms with Crippen molar-refractivity contribution >= 4 is 23.5 Å².